The van der Waals surface area contributed by atoms with Crippen LogP contribution in [-0.4, -0.2) is 44.8 Å². The number of ether oxygens (including phenoxy) is 1. The van der Waals surface area contributed by atoms with E-state index in [1.165, 1.54) is 30.2 Å². The molecule has 1 amide bonds. The van der Waals surface area contributed by atoms with Crippen LogP contribution in [0.1, 0.15) is 18.4 Å². The summed E-state index contributed by atoms with van der Waals surface area (Å²) in [5.41, 5.74) is 1.26. The van der Waals surface area contributed by atoms with Crippen molar-refractivity contribution in [3.63, 3.8) is 0 Å². The van der Waals surface area contributed by atoms with Gasteiger partial charge in [0, 0.05) is 18.5 Å². The summed E-state index contributed by atoms with van der Waals surface area (Å²) in [6, 6.07) is 4.49. The molecule has 1 aromatic carbocycles. The highest BCUT2D eigenvalue weighted by molar-refractivity contribution is 6.30. The Bertz CT molecular complexity index is 1030. The lowest BCUT2D eigenvalue weighted by Gasteiger charge is -2.30. The molecule has 1 aliphatic rings. The van der Waals surface area contributed by atoms with Gasteiger partial charge in [-0.3, -0.25) is 9.69 Å². The number of carbonyl (C=O) groups is 1. The minimum Gasteiger partial charge on any atom is -0.496 e. The number of nitrogens with zero attached hydrogens (tertiary/aromatic N) is 6. The van der Waals surface area contributed by atoms with E-state index in [9.17, 15) is 9.18 Å². The summed E-state index contributed by atoms with van der Waals surface area (Å²) in [6.07, 6.45) is 6.48. The molecule has 0 aliphatic carbocycles. The number of amides is 1. The van der Waals surface area contributed by atoms with Gasteiger partial charge in [0.25, 0.3) is 0 Å². The van der Waals surface area contributed by atoms with Crippen LogP contribution in [0.4, 0.5) is 10.2 Å². The van der Waals surface area contributed by atoms with E-state index >= 15 is 0 Å². The average molecular weight is 417 g/mol. The maximum absolute atomic E-state index is 13.9. The van der Waals surface area contributed by atoms with Gasteiger partial charge in [-0.25, -0.2) is 4.39 Å². The second-order valence-electron chi connectivity index (χ2n) is 6.70. The van der Waals surface area contributed by atoms with Crippen molar-refractivity contribution in [2.24, 2.45) is 5.92 Å². The van der Waals surface area contributed by atoms with Gasteiger partial charge in [-0.1, -0.05) is 11.6 Å². The van der Waals surface area contributed by atoms with E-state index in [2.05, 4.69) is 20.4 Å². The number of piperidine rings is 1. The molecular formula is C19H18ClFN6O2. The number of halogens is 2. The molecule has 3 heterocycles. The summed E-state index contributed by atoms with van der Waals surface area (Å²) in [6.45, 7) is 0.550. The molecule has 4 rings (SSSR count). The molecule has 1 atom stereocenters. The van der Waals surface area contributed by atoms with Crippen molar-refractivity contribution in [1.82, 2.24) is 25.2 Å². The SMILES string of the molecule is COc1cc(Cl)c(F)cc1CC1CCCN(c2cnn(-c3ccnnc3)n2)C1=O. The summed E-state index contributed by atoms with van der Waals surface area (Å²) >= 11 is 5.84. The van der Waals surface area contributed by atoms with Crippen LogP contribution in [0.5, 0.6) is 5.75 Å². The van der Waals surface area contributed by atoms with Crippen molar-refractivity contribution >= 4 is 23.3 Å². The lowest BCUT2D eigenvalue weighted by atomic mass is 9.90. The van der Waals surface area contributed by atoms with Gasteiger partial charge >= 0.3 is 0 Å². The van der Waals surface area contributed by atoms with Crippen LogP contribution in [0, 0.1) is 11.7 Å². The molecule has 1 saturated heterocycles. The van der Waals surface area contributed by atoms with E-state index in [4.69, 9.17) is 16.3 Å². The fraction of sp³-hybridized carbons (Fsp3) is 0.316. The molecule has 150 valence electrons. The predicted octanol–water partition coefficient (Wildman–Crippen LogP) is 2.84. The molecule has 2 aromatic heterocycles. The molecule has 1 aliphatic heterocycles. The normalized spacial score (nSPS) is 16.9. The molecule has 3 aromatic rings. The maximum atomic E-state index is 13.9. The highest BCUT2D eigenvalue weighted by atomic mass is 35.5. The van der Waals surface area contributed by atoms with E-state index in [0.29, 0.717) is 42.2 Å². The zero-order chi connectivity index (χ0) is 20.4. The van der Waals surface area contributed by atoms with Crippen LogP contribution in [-0.2, 0) is 11.2 Å². The second-order valence-corrected chi connectivity index (χ2v) is 7.11. The Morgan fingerprint density at radius 2 is 2.17 bits per heavy atom. The molecule has 0 saturated carbocycles. The highest BCUT2D eigenvalue weighted by Gasteiger charge is 2.32. The van der Waals surface area contributed by atoms with Gasteiger partial charge in [0.2, 0.25) is 5.91 Å². The monoisotopic (exact) mass is 416 g/mol. The van der Waals surface area contributed by atoms with Crippen molar-refractivity contribution < 1.29 is 13.9 Å². The molecule has 0 spiro atoms. The Kier molecular flexibility index (Phi) is 5.39. The Labute approximate surface area is 171 Å². The van der Waals surface area contributed by atoms with Crippen LogP contribution >= 0.6 is 11.6 Å². The van der Waals surface area contributed by atoms with Gasteiger partial charge in [-0.05, 0) is 37.0 Å². The molecule has 0 bridgehead atoms. The second kappa shape index (κ2) is 8.12. The van der Waals surface area contributed by atoms with Crippen molar-refractivity contribution in [3.05, 3.63) is 53.2 Å². The van der Waals surface area contributed by atoms with Gasteiger partial charge in [0.05, 0.1) is 30.7 Å². The molecular weight excluding hydrogens is 399 g/mol. The molecule has 29 heavy (non-hydrogen) atoms. The third-order valence-corrected chi connectivity index (χ3v) is 5.18. The first-order valence-corrected chi connectivity index (χ1v) is 9.47. The van der Waals surface area contributed by atoms with E-state index in [1.54, 1.807) is 23.4 Å². The summed E-state index contributed by atoms with van der Waals surface area (Å²) in [5, 5.41) is 16.1. The largest absolute Gasteiger partial charge is 0.496 e. The topological polar surface area (TPSA) is 86.0 Å². The first-order chi connectivity index (χ1) is 14.1. The fourth-order valence-electron chi connectivity index (χ4n) is 3.46. The Balaban J connectivity index is 1.55. The molecule has 10 heteroatoms. The van der Waals surface area contributed by atoms with Crippen LogP contribution in [0.25, 0.3) is 5.69 Å². The number of aromatic nitrogens is 5. The minimum absolute atomic E-state index is 0.00980. The Morgan fingerprint density at radius 3 is 2.93 bits per heavy atom. The predicted molar refractivity (Wildman–Crippen MR) is 104 cm³/mol. The summed E-state index contributed by atoms with van der Waals surface area (Å²) in [7, 11) is 1.49. The first kappa shape index (κ1) is 19.3. The lowest BCUT2D eigenvalue weighted by molar-refractivity contribution is -0.123. The van der Waals surface area contributed by atoms with Crippen LogP contribution in [0.3, 0.4) is 0 Å². The molecule has 0 N–H and O–H groups in total. The standard InChI is InChI=1S/C19H18ClFN6O2/c1-29-17-9-15(20)16(21)8-13(17)7-12-3-2-6-26(19(12)28)18-11-24-27(25-18)14-4-5-22-23-10-14/h4-5,8-12H,2-3,6-7H2,1H3. The summed E-state index contributed by atoms with van der Waals surface area (Å²) < 4.78 is 19.2. The number of anilines is 1. The molecule has 0 radical (unpaired) electrons. The van der Waals surface area contributed by atoms with Gasteiger partial charge in [-0.15, -0.1) is 9.90 Å². The van der Waals surface area contributed by atoms with E-state index in [1.807, 2.05) is 0 Å². The third-order valence-electron chi connectivity index (χ3n) is 4.90. The molecule has 1 fully saturated rings. The van der Waals surface area contributed by atoms with Crippen molar-refractivity contribution in [2.45, 2.75) is 19.3 Å². The number of benzene rings is 1. The quantitative estimate of drug-likeness (QED) is 0.635. The number of rotatable bonds is 5. The molecule has 1 unspecified atom stereocenters. The van der Waals surface area contributed by atoms with E-state index in [0.717, 1.165) is 6.42 Å². The summed E-state index contributed by atoms with van der Waals surface area (Å²) in [4.78, 5) is 16.1. The fourth-order valence-corrected chi connectivity index (χ4v) is 3.61. The first-order valence-electron chi connectivity index (χ1n) is 9.09. The van der Waals surface area contributed by atoms with Gasteiger partial charge in [0.1, 0.15) is 17.3 Å². The Morgan fingerprint density at radius 1 is 1.31 bits per heavy atom. The number of hydrogen-bond acceptors (Lipinski definition) is 6. The van der Waals surface area contributed by atoms with Gasteiger partial charge in [0.15, 0.2) is 5.82 Å². The summed E-state index contributed by atoms with van der Waals surface area (Å²) in [5.74, 6) is 0.0132. The zero-order valence-corrected chi connectivity index (χ0v) is 16.4. The van der Waals surface area contributed by atoms with Crippen molar-refractivity contribution in [3.8, 4) is 11.4 Å². The Hall–Kier alpha value is -3.07. The van der Waals surface area contributed by atoms with Gasteiger partial charge < -0.3 is 4.74 Å². The lowest BCUT2D eigenvalue weighted by Crippen LogP contribution is -2.42. The number of hydrogen-bond donors (Lipinski definition) is 0. The highest BCUT2D eigenvalue weighted by Crippen LogP contribution is 2.32. The smallest absolute Gasteiger partial charge is 0.231 e. The third kappa shape index (κ3) is 3.91. The van der Waals surface area contributed by atoms with Crippen LogP contribution in [0.15, 0.2) is 36.8 Å². The van der Waals surface area contributed by atoms with Crippen molar-refractivity contribution in [1.29, 1.82) is 0 Å². The van der Waals surface area contributed by atoms with Crippen LogP contribution in [0.2, 0.25) is 5.02 Å². The van der Waals surface area contributed by atoms with E-state index in [-0.39, 0.29) is 16.8 Å². The minimum atomic E-state index is -0.531. The molecule has 8 nitrogen and oxygen atoms in total. The number of carbonyl (C=O) groups excluding carboxylic acids is 1. The van der Waals surface area contributed by atoms with Crippen molar-refractivity contribution in [2.75, 3.05) is 18.6 Å². The maximum Gasteiger partial charge on any atom is 0.231 e. The van der Waals surface area contributed by atoms with Gasteiger partial charge in [-0.2, -0.15) is 15.3 Å². The van der Waals surface area contributed by atoms with Crippen LogP contribution < -0.4 is 9.64 Å². The van der Waals surface area contributed by atoms with E-state index < -0.39 is 5.82 Å². The zero-order valence-electron chi connectivity index (χ0n) is 15.6. The average Bonchev–Trinajstić information content (AvgIpc) is 3.22. The number of methoxy groups -OCH3 is 1.